The molecule has 1 amide bonds. The van der Waals surface area contributed by atoms with Crippen LogP contribution in [0.15, 0.2) is 54.6 Å². The van der Waals surface area contributed by atoms with E-state index in [1.807, 2.05) is 0 Å². The third-order valence-corrected chi connectivity index (χ3v) is 3.52. The number of halogens is 1. The van der Waals surface area contributed by atoms with E-state index >= 15 is 0 Å². The lowest BCUT2D eigenvalue weighted by Gasteiger charge is -2.17. The van der Waals surface area contributed by atoms with Gasteiger partial charge < -0.3 is 9.84 Å². The van der Waals surface area contributed by atoms with Crippen molar-refractivity contribution >= 4 is 17.5 Å². The number of aliphatic hydroxyl groups excluding tert-OH is 1. The van der Waals surface area contributed by atoms with Crippen LogP contribution in [-0.2, 0) is 4.74 Å². The molecular weight excluding hydrogens is 285 g/mol. The highest BCUT2D eigenvalue weighted by Gasteiger charge is 2.25. The number of hydrogen-bond donors (Lipinski definition) is 1. The van der Waals surface area contributed by atoms with Crippen LogP contribution in [0.4, 0.5) is 14.9 Å². The molecule has 4 nitrogen and oxygen atoms in total. The van der Waals surface area contributed by atoms with Gasteiger partial charge in [-0.05, 0) is 29.8 Å². The molecule has 2 aromatic rings. The highest BCUT2D eigenvalue weighted by molar-refractivity contribution is 5.91. The summed E-state index contributed by atoms with van der Waals surface area (Å²) in [7, 11) is 1.49. The molecular formula is C17H14FNO3. The number of amides is 1. The van der Waals surface area contributed by atoms with E-state index in [4.69, 9.17) is 4.74 Å². The molecule has 0 aliphatic heterocycles. The van der Waals surface area contributed by atoms with Crippen LogP contribution in [0.3, 0.4) is 0 Å². The largest absolute Gasteiger partial charge is 0.419 e. The molecule has 112 valence electrons. The zero-order chi connectivity index (χ0) is 15.7. The molecule has 0 bridgehead atoms. The summed E-state index contributed by atoms with van der Waals surface area (Å²) in [4.78, 5) is 13.4. The van der Waals surface area contributed by atoms with Gasteiger partial charge in [0.25, 0.3) is 0 Å². The standard InChI is InChI=1S/C17H14FNO3/c1-19(12-6-4-5-11(18)9-12)17(21)22-16-10-15(20)13-7-2-3-8-14(13)16/h2-10,15,20H,1H3. The number of ether oxygens (including phenoxy) is 1. The van der Waals surface area contributed by atoms with Crippen LogP contribution < -0.4 is 4.90 Å². The Kier molecular flexibility index (Phi) is 3.65. The Morgan fingerprint density at radius 1 is 1.23 bits per heavy atom. The van der Waals surface area contributed by atoms with E-state index in [9.17, 15) is 14.3 Å². The molecule has 0 spiro atoms. The molecule has 2 aromatic carbocycles. The molecule has 1 atom stereocenters. The molecule has 1 N–H and O–H groups in total. The monoisotopic (exact) mass is 299 g/mol. The van der Waals surface area contributed by atoms with E-state index < -0.39 is 18.0 Å². The molecule has 1 unspecified atom stereocenters. The van der Waals surface area contributed by atoms with Gasteiger partial charge in [0.05, 0.1) is 0 Å². The first-order valence-corrected chi connectivity index (χ1v) is 6.76. The van der Waals surface area contributed by atoms with Gasteiger partial charge in [0.15, 0.2) is 0 Å². The van der Waals surface area contributed by atoms with Gasteiger partial charge >= 0.3 is 6.09 Å². The van der Waals surface area contributed by atoms with E-state index in [0.29, 0.717) is 22.6 Å². The number of hydrogen-bond acceptors (Lipinski definition) is 3. The Balaban J connectivity index is 1.79. The number of fused-ring (bicyclic) bond motifs is 1. The molecule has 0 radical (unpaired) electrons. The normalized spacial score (nSPS) is 16.0. The van der Waals surface area contributed by atoms with Crippen LogP contribution in [0.1, 0.15) is 17.2 Å². The SMILES string of the molecule is CN(C(=O)OC1=CC(O)c2ccccc21)c1cccc(F)c1. The first-order valence-electron chi connectivity index (χ1n) is 6.76. The van der Waals surface area contributed by atoms with E-state index in [0.717, 1.165) is 0 Å². The van der Waals surface area contributed by atoms with Crippen LogP contribution in [0.5, 0.6) is 0 Å². The third kappa shape index (κ3) is 2.58. The van der Waals surface area contributed by atoms with Crippen molar-refractivity contribution < 1.29 is 19.0 Å². The van der Waals surface area contributed by atoms with Gasteiger partial charge in [-0.1, -0.05) is 30.3 Å². The van der Waals surface area contributed by atoms with Gasteiger partial charge in [-0.25, -0.2) is 9.18 Å². The fourth-order valence-corrected chi connectivity index (χ4v) is 2.34. The second-order valence-corrected chi connectivity index (χ2v) is 4.97. The van der Waals surface area contributed by atoms with Crippen molar-refractivity contribution in [2.75, 3.05) is 11.9 Å². The number of carbonyl (C=O) groups excluding carboxylic acids is 1. The maximum Gasteiger partial charge on any atom is 0.419 e. The van der Waals surface area contributed by atoms with Gasteiger partial charge in [-0.2, -0.15) is 0 Å². The molecule has 5 heteroatoms. The zero-order valence-electron chi connectivity index (χ0n) is 11.9. The molecule has 0 saturated carbocycles. The highest BCUT2D eigenvalue weighted by Crippen LogP contribution is 2.35. The lowest BCUT2D eigenvalue weighted by atomic mass is 10.1. The van der Waals surface area contributed by atoms with Gasteiger partial charge in [-0.15, -0.1) is 0 Å². The summed E-state index contributed by atoms with van der Waals surface area (Å²) in [5, 5.41) is 9.93. The van der Waals surface area contributed by atoms with Crippen molar-refractivity contribution in [1.29, 1.82) is 0 Å². The minimum absolute atomic E-state index is 0.302. The minimum Gasteiger partial charge on any atom is -0.410 e. The smallest absolute Gasteiger partial charge is 0.410 e. The zero-order valence-corrected chi connectivity index (χ0v) is 11.9. The maximum absolute atomic E-state index is 13.2. The van der Waals surface area contributed by atoms with Crippen LogP contribution in [0.25, 0.3) is 5.76 Å². The van der Waals surface area contributed by atoms with Crippen LogP contribution >= 0.6 is 0 Å². The van der Waals surface area contributed by atoms with Crippen LogP contribution in [0, 0.1) is 5.82 Å². The molecule has 1 aliphatic carbocycles. The maximum atomic E-state index is 13.2. The summed E-state index contributed by atoms with van der Waals surface area (Å²) in [5.74, 6) is -0.130. The molecule has 1 aliphatic rings. The Morgan fingerprint density at radius 3 is 2.77 bits per heavy atom. The quantitative estimate of drug-likeness (QED) is 0.923. The third-order valence-electron chi connectivity index (χ3n) is 3.52. The highest BCUT2D eigenvalue weighted by atomic mass is 19.1. The molecule has 0 aromatic heterocycles. The molecule has 0 fully saturated rings. The Bertz CT molecular complexity index is 757. The van der Waals surface area contributed by atoms with Crippen LogP contribution in [-0.4, -0.2) is 18.2 Å². The topological polar surface area (TPSA) is 49.8 Å². The first-order chi connectivity index (χ1) is 10.6. The van der Waals surface area contributed by atoms with Crippen molar-refractivity contribution in [2.24, 2.45) is 0 Å². The van der Waals surface area contributed by atoms with Crippen LogP contribution in [0.2, 0.25) is 0 Å². The first kappa shape index (κ1) is 14.3. The fraction of sp³-hybridized carbons (Fsp3) is 0.118. The van der Waals surface area contributed by atoms with Crippen molar-refractivity contribution in [3.8, 4) is 0 Å². The van der Waals surface area contributed by atoms with Crippen molar-refractivity contribution in [2.45, 2.75) is 6.10 Å². The number of nitrogens with zero attached hydrogens (tertiary/aromatic N) is 1. The summed E-state index contributed by atoms with van der Waals surface area (Å²) in [6.45, 7) is 0. The predicted molar refractivity (Wildman–Crippen MR) is 80.7 cm³/mol. The Hall–Kier alpha value is -2.66. The number of rotatable bonds is 2. The van der Waals surface area contributed by atoms with E-state index in [-0.39, 0.29) is 0 Å². The van der Waals surface area contributed by atoms with Gasteiger partial charge in [-0.3, -0.25) is 4.90 Å². The van der Waals surface area contributed by atoms with E-state index in [1.54, 1.807) is 30.3 Å². The minimum atomic E-state index is -0.793. The number of anilines is 1. The Labute approximate surface area is 127 Å². The van der Waals surface area contributed by atoms with E-state index in [2.05, 4.69) is 0 Å². The summed E-state index contributed by atoms with van der Waals surface area (Å²) >= 11 is 0. The van der Waals surface area contributed by atoms with Gasteiger partial charge in [0.1, 0.15) is 17.7 Å². The predicted octanol–water partition coefficient (Wildman–Crippen LogP) is 3.49. The van der Waals surface area contributed by atoms with Crippen molar-refractivity contribution in [3.63, 3.8) is 0 Å². The number of benzene rings is 2. The second-order valence-electron chi connectivity index (χ2n) is 4.97. The summed E-state index contributed by atoms with van der Waals surface area (Å²) in [5.41, 5.74) is 1.76. The van der Waals surface area contributed by atoms with Gasteiger partial charge in [0, 0.05) is 18.3 Å². The molecule has 22 heavy (non-hydrogen) atoms. The average Bonchev–Trinajstić information content (AvgIpc) is 2.83. The summed E-state index contributed by atoms with van der Waals surface area (Å²) < 4.78 is 18.6. The fourth-order valence-electron chi connectivity index (χ4n) is 2.34. The van der Waals surface area contributed by atoms with Crippen molar-refractivity contribution in [1.82, 2.24) is 0 Å². The number of aliphatic hydroxyl groups is 1. The molecule has 0 heterocycles. The summed E-state index contributed by atoms with van der Waals surface area (Å²) in [6, 6.07) is 12.8. The lowest BCUT2D eigenvalue weighted by molar-refractivity contribution is 0.200. The summed E-state index contributed by atoms with van der Waals surface area (Å²) in [6.07, 6.45) is 0.0290. The van der Waals surface area contributed by atoms with E-state index in [1.165, 1.54) is 36.2 Å². The number of carbonyl (C=O) groups is 1. The average molecular weight is 299 g/mol. The lowest BCUT2D eigenvalue weighted by Crippen LogP contribution is -2.26. The molecule has 3 rings (SSSR count). The van der Waals surface area contributed by atoms with Crippen molar-refractivity contribution in [3.05, 3.63) is 71.6 Å². The molecule has 0 saturated heterocycles. The second kappa shape index (κ2) is 5.61. The Morgan fingerprint density at radius 2 is 2.00 bits per heavy atom. The van der Waals surface area contributed by atoms with Gasteiger partial charge in [0.2, 0.25) is 0 Å².